The molecule has 8 heteroatoms. The van der Waals surface area contributed by atoms with Crippen LogP contribution in [0.15, 0.2) is 36.4 Å². The van der Waals surface area contributed by atoms with Crippen molar-refractivity contribution in [2.24, 2.45) is 0 Å². The van der Waals surface area contributed by atoms with Crippen LogP contribution in [0.3, 0.4) is 0 Å². The Kier molecular flexibility index (Phi) is 6.29. The largest absolute Gasteiger partial charge is 0.497 e. The van der Waals surface area contributed by atoms with E-state index in [1.807, 2.05) is 20.8 Å². The smallest absolute Gasteiger partial charge is 0.410 e. The lowest BCUT2D eigenvalue weighted by Crippen LogP contribution is -2.57. The van der Waals surface area contributed by atoms with Gasteiger partial charge in [0.25, 0.3) is 0 Å². The summed E-state index contributed by atoms with van der Waals surface area (Å²) in [5.74, 6) is 0.519. The molecule has 1 heterocycles. The lowest BCUT2D eigenvalue weighted by atomic mass is 10.0. The zero-order valence-electron chi connectivity index (χ0n) is 18.3. The second kappa shape index (κ2) is 8.75. The molecule has 0 spiro atoms. The fourth-order valence-corrected chi connectivity index (χ4v) is 3.11. The monoisotopic (exact) mass is 429 g/mol. The number of benzene rings is 2. The second-order valence-electron chi connectivity index (χ2n) is 8.28. The molecule has 0 aromatic heterocycles. The fraction of sp³-hybridized carbons (Fsp3) is 0.391. The van der Waals surface area contributed by atoms with Crippen molar-refractivity contribution in [3.8, 4) is 28.4 Å². The summed E-state index contributed by atoms with van der Waals surface area (Å²) < 4.78 is 21.9. The average Bonchev–Trinajstić information content (AvgIpc) is 2.68. The van der Waals surface area contributed by atoms with E-state index in [-0.39, 0.29) is 11.7 Å². The van der Waals surface area contributed by atoms with E-state index >= 15 is 0 Å². The van der Waals surface area contributed by atoms with E-state index in [9.17, 15) is 14.7 Å². The number of amides is 1. The predicted molar refractivity (Wildman–Crippen MR) is 114 cm³/mol. The maximum Gasteiger partial charge on any atom is 0.410 e. The minimum Gasteiger partial charge on any atom is -0.497 e. The van der Waals surface area contributed by atoms with Gasteiger partial charge in [0.15, 0.2) is 0 Å². The van der Waals surface area contributed by atoms with Crippen LogP contribution in [0, 0.1) is 0 Å². The van der Waals surface area contributed by atoms with Crippen LogP contribution in [0.4, 0.5) is 4.79 Å². The number of carbonyl (C=O) groups is 2. The van der Waals surface area contributed by atoms with Crippen LogP contribution < -0.4 is 14.2 Å². The summed E-state index contributed by atoms with van der Waals surface area (Å²) >= 11 is 0. The molecule has 0 bridgehead atoms. The molecule has 166 valence electrons. The van der Waals surface area contributed by atoms with Gasteiger partial charge < -0.3 is 29.0 Å². The minimum absolute atomic E-state index is 0.0950. The van der Waals surface area contributed by atoms with Crippen molar-refractivity contribution in [1.29, 1.82) is 0 Å². The molecule has 0 aliphatic carbocycles. The lowest BCUT2D eigenvalue weighted by molar-refractivity contribution is -0.0221. The molecule has 3 rings (SSSR count). The third-order valence-electron chi connectivity index (χ3n) is 4.64. The fourth-order valence-electron chi connectivity index (χ4n) is 3.11. The third kappa shape index (κ3) is 5.59. The summed E-state index contributed by atoms with van der Waals surface area (Å²) in [5, 5.41) is 9.54. The number of hydrogen-bond donors (Lipinski definition) is 1. The Morgan fingerprint density at radius 1 is 0.903 bits per heavy atom. The standard InChI is InChI=1S/C23H27NO7/c1-23(2,3)31-22(27)24-12-20(13-24)30-19-9-14(6-16(10-19)21(25)26)15-7-17(28-4)11-18(8-15)29-5/h6-11,20H,12-13H2,1-5H3,(H,25,26). The Bertz CT molecular complexity index is 952. The van der Waals surface area contributed by atoms with Gasteiger partial charge in [-0.25, -0.2) is 9.59 Å². The summed E-state index contributed by atoms with van der Waals surface area (Å²) in [4.78, 5) is 25.3. The number of nitrogens with zero attached hydrogens (tertiary/aromatic N) is 1. The number of likely N-dealkylation sites (tertiary alicyclic amines) is 1. The van der Waals surface area contributed by atoms with E-state index in [4.69, 9.17) is 18.9 Å². The van der Waals surface area contributed by atoms with Gasteiger partial charge in [-0.2, -0.15) is 0 Å². The van der Waals surface area contributed by atoms with E-state index in [0.717, 1.165) is 5.56 Å². The van der Waals surface area contributed by atoms with E-state index in [1.54, 1.807) is 49.5 Å². The SMILES string of the molecule is COc1cc(OC)cc(-c2cc(OC3CN(C(=O)OC(C)(C)C)C3)cc(C(=O)O)c2)c1. The molecular weight excluding hydrogens is 402 g/mol. The minimum atomic E-state index is -1.06. The summed E-state index contributed by atoms with van der Waals surface area (Å²) in [7, 11) is 3.10. The third-order valence-corrected chi connectivity index (χ3v) is 4.64. The highest BCUT2D eigenvalue weighted by Crippen LogP contribution is 2.33. The number of carboxylic acids is 1. The summed E-state index contributed by atoms with van der Waals surface area (Å²) in [6.45, 7) is 6.17. The molecule has 2 aromatic rings. The summed E-state index contributed by atoms with van der Waals surface area (Å²) in [6, 6.07) is 10.1. The van der Waals surface area contributed by atoms with Crippen molar-refractivity contribution >= 4 is 12.1 Å². The molecule has 2 aromatic carbocycles. The van der Waals surface area contributed by atoms with Crippen LogP contribution in [0.1, 0.15) is 31.1 Å². The lowest BCUT2D eigenvalue weighted by Gasteiger charge is -2.39. The van der Waals surface area contributed by atoms with Crippen molar-refractivity contribution in [3.05, 3.63) is 42.0 Å². The first-order valence-corrected chi connectivity index (χ1v) is 9.84. The van der Waals surface area contributed by atoms with E-state index in [0.29, 0.717) is 35.9 Å². The highest BCUT2D eigenvalue weighted by Gasteiger charge is 2.35. The molecule has 1 saturated heterocycles. The number of hydrogen-bond acceptors (Lipinski definition) is 6. The van der Waals surface area contributed by atoms with Gasteiger partial charge >= 0.3 is 12.1 Å². The van der Waals surface area contributed by atoms with Crippen LogP contribution in [-0.2, 0) is 4.74 Å². The molecule has 0 atom stereocenters. The van der Waals surface area contributed by atoms with E-state index in [1.165, 1.54) is 6.07 Å². The van der Waals surface area contributed by atoms with Crippen molar-refractivity contribution in [1.82, 2.24) is 4.90 Å². The normalized spacial score (nSPS) is 13.9. The first-order chi connectivity index (χ1) is 14.6. The second-order valence-corrected chi connectivity index (χ2v) is 8.28. The van der Waals surface area contributed by atoms with Gasteiger partial charge in [0.2, 0.25) is 0 Å². The molecule has 1 amide bonds. The Morgan fingerprint density at radius 3 is 1.97 bits per heavy atom. The molecule has 1 aliphatic rings. The molecule has 1 N–H and O–H groups in total. The highest BCUT2D eigenvalue weighted by atomic mass is 16.6. The van der Waals surface area contributed by atoms with Gasteiger partial charge in [-0.05, 0) is 62.2 Å². The number of ether oxygens (including phenoxy) is 4. The number of methoxy groups -OCH3 is 2. The van der Waals surface area contributed by atoms with Crippen LogP contribution in [0.2, 0.25) is 0 Å². The molecule has 0 saturated carbocycles. The summed E-state index contributed by atoms with van der Waals surface area (Å²) in [5.41, 5.74) is 0.909. The van der Waals surface area contributed by atoms with Gasteiger partial charge in [-0.1, -0.05) is 0 Å². The summed E-state index contributed by atoms with van der Waals surface area (Å²) in [6.07, 6.45) is -0.639. The van der Waals surface area contributed by atoms with Crippen molar-refractivity contribution in [3.63, 3.8) is 0 Å². The van der Waals surface area contributed by atoms with E-state index in [2.05, 4.69) is 0 Å². The zero-order chi connectivity index (χ0) is 22.8. The van der Waals surface area contributed by atoms with Crippen LogP contribution in [0.25, 0.3) is 11.1 Å². The Labute approximate surface area is 181 Å². The topological polar surface area (TPSA) is 94.5 Å². The van der Waals surface area contributed by atoms with E-state index < -0.39 is 17.7 Å². The zero-order valence-corrected chi connectivity index (χ0v) is 18.3. The maximum absolute atomic E-state index is 12.1. The van der Waals surface area contributed by atoms with Gasteiger partial charge in [-0.3, -0.25) is 0 Å². The van der Waals surface area contributed by atoms with Crippen LogP contribution in [0.5, 0.6) is 17.2 Å². The van der Waals surface area contributed by atoms with Gasteiger partial charge in [0.1, 0.15) is 29.0 Å². The molecular formula is C23H27NO7. The van der Waals surface area contributed by atoms with Crippen molar-refractivity contribution in [2.75, 3.05) is 27.3 Å². The van der Waals surface area contributed by atoms with Gasteiger partial charge in [0.05, 0.1) is 32.9 Å². The van der Waals surface area contributed by atoms with Crippen molar-refractivity contribution in [2.45, 2.75) is 32.5 Å². The van der Waals surface area contributed by atoms with Crippen LogP contribution in [-0.4, -0.2) is 61.1 Å². The number of aromatic carboxylic acids is 1. The quantitative estimate of drug-likeness (QED) is 0.740. The molecule has 1 fully saturated rings. The average molecular weight is 429 g/mol. The number of carbonyl (C=O) groups excluding carboxylic acids is 1. The molecule has 31 heavy (non-hydrogen) atoms. The van der Waals surface area contributed by atoms with Crippen molar-refractivity contribution < 1.29 is 33.6 Å². The first kappa shape index (κ1) is 22.3. The van der Waals surface area contributed by atoms with Crippen LogP contribution >= 0.6 is 0 Å². The Balaban J connectivity index is 1.79. The predicted octanol–water partition coefficient (Wildman–Crippen LogP) is 4.07. The number of rotatable bonds is 6. The molecule has 8 nitrogen and oxygen atoms in total. The van der Waals surface area contributed by atoms with Gasteiger partial charge in [0, 0.05) is 6.07 Å². The Hall–Kier alpha value is -3.42. The molecule has 0 unspecified atom stereocenters. The molecule has 1 aliphatic heterocycles. The van der Waals surface area contributed by atoms with Gasteiger partial charge in [-0.15, -0.1) is 0 Å². The maximum atomic E-state index is 12.1. The number of carboxylic acid groups (broad SMARTS) is 1. The first-order valence-electron chi connectivity index (χ1n) is 9.84. The Morgan fingerprint density at radius 2 is 1.45 bits per heavy atom. The molecule has 0 radical (unpaired) electrons. The highest BCUT2D eigenvalue weighted by molar-refractivity contribution is 5.90.